The number of hydrogen-bond acceptors (Lipinski definition) is 1. The second-order valence-corrected chi connectivity index (χ2v) is 5.04. The normalized spacial score (nSPS) is 13.3. The van der Waals surface area contributed by atoms with Crippen LogP contribution >= 0.6 is 0 Å². The van der Waals surface area contributed by atoms with Crippen LogP contribution in [0.5, 0.6) is 0 Å². The molecule has 0 radical (unpaired) electrons. The maximum atomic E-state index is 3.51. The van der Waals surface area contributed by atoms with Crippen molar-refractivity contribution in [3.63, 3.8) is 0 Å². The molecule has 1 aliphatic heterocycles. The Balaban J connectivity index is 1.90. The Bertz CT molecular complexity index is 762. The van der Waals surface area contributed by atoms with Crippen LogP contribution in [0.15, 0.2) is 60.8 Å². The predicted molar refractivity (Wildman–Crippen MR) is 77.0 cm³/mol. The van der Waals surface area contributed by atoms with E-state index in [9.17, 15) is 0 Å². The maximum Gasteiger partial charge on any atom is 0.274 e. The zero-order valence-electron chi connectivity index (χ0n) is 10.6. The lowest BCUT2D eigenvalue weighted by molar-refractivity contribution is -0.673. The zero-order valence-corrected chi connectivity index (χ0v) is 10.6. The Labute approximate surface area is 112 Å². The third kappa shape index (κ3) is 1.76. The number of hydrogen-bond donors (Lipinski definition) is 1. The van der Waals surface area contributed by atoms with Crippen molar-refractivity contribution in [3.05, 3.63) is 71.9 Å². The highest BCUT2D eigenvalue weighted by molar-refractivity contribution is 5.84. The summed E-state index contributed by atoms with van der Waals surface area (Å²) in [7, 11) is 0. The summed E-state index contributed by atoms with van der Waals surface area (Å²) >= 11 is 0. The van der Waals surface area contributed by atoms with Gasteiger partial charge in [-0.15, -0.1) is 0 Å². The summed E-state index contributed by atoms with van der Waals surface area (Å²) in [6.45, 7) is 1.83. The molecule has 0 aliphatic carbocycles. The Morgan fingerprint density at radius 1 is 0.842 bits per heavy atom. The van der Waals surface area contributed by atoms with Gasteiger partial charge < -0.3 is 0 Å². The van der Waals surface area contributed by atoms with E-state index in [4.69, 9.17) is 0 Å². The molecule has 2 nitrogen and oxygen atoms in total. The van der Waals surface area contributed by atoms with E-state index in [-0.39, 0.29) is 0 Å². The number of benzene rings is 2. The van der Waals surface area contributed by atoms with Crippen molar-refractivity contribution in [2.24, 2.45) is 0 Å². The van der Waals surface area contributed by atoms with Crippen LogP contribution in [0.3, 0.4) is 0 Å². The molecule has 0 saturated carbocycles. The van der Waals surface area contributed by atoms with Gasteiger partial charge in [0.1, 0.15) is 13.1 Å². The molecule has 0 bridgehead atoms. The van der Waals surface area contributed by atoms with E-state index in [1.807, 2.05) is 0 Å². The third-order valence-electron chi connectivity index (χ3n) is 3.81. The smallest absolute Gasteiger partial charge is 0.270 e. The Morgan fingerprint density at radius 2 is 1.58 bits per heavy atom. The van der Waals surface area contributed by atoms with Gasteiger partial charge in [0.05, 0.1) is 6.20 Å². The first-order chi connectivity index (χ1) is 9.40. The van der Waals surface area contributed by atoms with E-state index >= 15 is 0 Å². The lowest BCUT2D eigenvalue weighted by Crippen LogP contribution is -2.35. The standard InChI is InChI=1S/C17H14N2/c1-2-6-14-10-16-12-19-8-4-3-7-17(19)18-11-15(16)9-13(14)5-1/h1-10H,11-12H2/p+1. The van der Waals surface area contributed by atoms with Crippen LogP contribution in [0.25, 0.3) is 10.8 Å². The molecule has 1 aromatic heterocycles. The first-order valence-corrected chi connectivity index (χ1v) is 6.63. The minimum Gasteiger partial charge on any atom is -0.270 e. The molecule has 1 aliphatic rings. The molecule has 19 heavy (non-hydrogen) atoms. The number of anilines is 1. The number of nitrogens with zero attached hydrogens (tertiary/aromatic N) is 1. The number of rotatable bonds is 0. The van der Waals surface area contributed by atoms with Gasteiger partial charge in [0, 0.05) is 17.2 Å². The molecule has 0 spiro atoms. The molecule has 4 rings (SSSR count). The fourth-order valence-corrected chi connectivity index (χ4v) is 2.79. The quantitative estimate of drug-likeness (QED) is 0.604. The molecule has 0 fully saturated rings. The van der Waals surface area contributed by atoms with Gasteiger partial charge in [-0.1, -0.05) is 30.3 Å². The minimum absolute atomic E-state index is 0.893. The molecule has 0 amide bonds. The third-order valence-corrected chi connectivity index (χ3v) is 3.81. The Hall–Kier alpha value is -2.35. The van der Waals surface area contributed by atoms with Gasteiger partial charge in [-0.2, -0.15) is 0 Å². The van der Waals surface area contributed by atoms with Gasteiger partial charge in [0.15, 0.2) is 0 Å². The van der Waals surface area contributed by atoms with E-state index in [1.165, 1.54) is 27.7 Å². The summed E-state index contributed by atoms with van der Waals surface area (Å²) in [6, 6.07) is 19.5. The van der Waals surface area contributed by atoms with Crippen molar-refractivity contribution in [1.82, 2.24) is 0 Å². The van der Waals surface area contributed by atoms with Crippen LogP contribution < -0.4 is 9.88 Å². The van der Waals surface area contributed by atoms with E-state index in [0.29, 0.717) is 0 Å². The Kier molecular flexibility index (Phi) is 2.27. The van der Waals surface area contributed by atoms with Gasteiger partial charge >= 0.3 is 0 Å². The maximum absolute atomic E-state index is 3.51. The van der Waals surface area contributed by atoms with Gasteiger partial charge in [0.2, 0.25) is 0 Å². The molecule has 2 heterocycles. The molecular formula is C17H15N2+. The van der Waals surface area contributed by atoms with Gasteiger partial charge in [-0.05, 0) is 29.0 Å². The van der Waals surface area contributed by atoms with Gasteiger partial charge in [-0.3, -0.25) is 5.32 Å². The van der Waals surface area contributed by atoms with Gasteiger partial charge in [0.25, 0.3) is 5.82 Å². The number of pyridine rings is 1. The second-order valence-electron chi connectivity index (χ2n) is 5.04. The van der Waals surface area contributed by atoms with Crippen molar-refractivity contribution in [1.29, 1.82) is 0 Å². The summed E-state index contributed by atoms with van der Waals surface area (Å²) < 4.78 is 2.26. The SMILES string of the molecule is c1cc[n+]2c(c1)NCc1cc3ccccc3cc1C2. The first-order valence-electron chi connectivity index (χ1n) is 6.63. The van der Waals surface area contributed by atoms with E-state index < -0.39 is 0 Å². The van der Waals surface area contributed by atoms with Crippen molar-refractivity contribution < 1.29 is 4.57 Å². The fourth-order valence-electron chi connectivity index (χ4n) is 2.79. The predicted octanol–water partition coefficient (Wildman–Crippen LogP) is 3.10. The van der Waals surface area contributed by atoms with Crippen LogP contribution in [0.4, 0.5) is 5.82 Å². The molecule has 0 saturated heterocycles. The van der Waals surface area contributed by atoms with Crippen molar-refractivity contribution >= 4 is 16.6 Å². The van der Waals surface area contributed by atoms with Crippen molar-refractivity contribution in [2.45, 2.75) is 13.1 Å². The van der Waals surface area contributed by atoms with E-state index in [0.717, 1.165) is 13.1 Å². The van der Waals surface area contributed by atoms with Gasteiger partial charge in [-0.25, -0.2) is 4.57 Å². The molecule has 0 unspecified atom stereocenters. The molecule has 1 N–H and O–H groups in total. The van der Waals surface area contributed by atoms with Crippen LogP contribution in [0, 0.1) is 0 Å². The summed E-state index contributed by atoms with van der Waals surface area (Å²) in [5.41, 5.74) is 2.79. The minimum atomic E-state index is 0.893. The van der Waals surface area contributed by atoms with Crippen LogP contribution in [-0.4, -0.2) is 0 Å². The topological polar surface area (TPSA) is 15.9 Å². The molecule has 92 valence electrons. The lowest BCUT2D eigenvalue weighted by Gasteiger charge is -2.06. The van der Waals surface area contributed by atoms with Crippen LogP contribution in [-0.2, 0) is 13.1 Å². The zero-order chi connectivity index (χ0) is 12.7. The highest BCUT2D eigenvalue weighted by Gasteiger charge is 2.17. The molecule has 2 aromatic carbocycles. The van der Waals surface area contributed by atoms with Crippen molar-refractivity contribution in [2.75, 3.05) is 5.32 Å². The monoisotopic (exact) mass is 247 g/mol. The Morgan fingerprint density at radius 3 is 2.42 bits per heavy atom. The summed E-state index contributed by atoms with van der Waals surface area (Å²) in [6.07, 6.45) is 2.13. The number of nitrogens with one attached hydrogen (secondary N) is 1. The molecular weight excluding hydrogens is 232 g/mol. The molecule has 2 heteroatoms. The molecule has 0 atom stereocenters. The summed E-state index contributed by atoms with van der Waals surface area (Å²) in [4.78, 5) is 0. The van der Waals surface area contributed by atoms with Crippen molar-refractivity contribution in [3.8, 4) is 0 Å². The van der Waals surface area contributed by atoms with Crippen LogP contribution in [0.2, 0.25) is 0 Å². The average molecular weight is 247 g/mol. The highest BCUT2D eigenvalue weighted by atomic mass is 15.1. The van der Waals surface area contributed by atoms with Crippen LogP contribution in [0.1, 0.15) is 11.1 Å². The highest BCUT2D eigenvalue weighted by Crippen LogP contribution is 2.22. The lowest BCUT2D eigenvalue weighted by atomic mass is 10.0. The fraction of sp³-hybridized carbons (Fsp3) is 0.118. The van der Waals surface area contributed by atoms with E-state index in [2.05, 4.69) is 70.7 Å². The first kappa shape index (κ1) is 10.6. The van der Waals surface area contributed by atoms with E-state index in [1.54, 1.807) is 0 Å². The molecule has 3 aromatic rings. The largest absolute Gasteiger partial charge is 0.274 e. The number of aromatic nitrogens is 1. The second kappa shape index (κ2) is 4.09. The average Bonchev–Trinajstić information content (AvgIpc) is 2.63. The summed E-state index contributed by atoms with van der Waals surface area (Å²) in [5.74, 6) is 1.18. The number of fused-ring (bicyclic) bond motifs is 3. The summed E-state index contributed by atoms with van der Waals surface area (Å²) in [5, 5.41) is 6.15.